The predicted octanol–water partition coefficient (Wildman–Crippen LogP) is 10.8. The van der Waals surface area contributed by atoms with Gasteiger partial charge < -0.3 is 29.5 Å². The van der Waals surface area contributed by atoms with Crippen molar-refractivity contribution in [1.82, 2.24) is 20.8 Å². The average Bonchev–Trinajstić information content (AvgIpc) is 4.03. The number of anilines is 2. The van der Waals surface area contributed by atoms with E-state index < -0.39 is 64.6 Å². The first-order chi connectivity index (χ1) is 33.1. The zero-order valence-electron chi connectivity index (χ0n) is 41.1. The molecule has 1 aliphatic rings. The monoisotopic (exact) mass is 982 g/mol. The van der Waals surface area contributed by atoms with Crippen molar-refractivity contribution in [2.45, 2.75) is 119 Å². The third-order valence-electron chi connectivity index (χ3n) is 12.8. The van der Waals surface area contributed by atoms with Gasteiger partial charge in [-0.15, -0.1) is 11.3 Å². The van der Waals surface area contributed by atoms with Crippen LogP contribution in [-0.2, 0) is 34.8 Å². The molecule has 2 aromatic heterocycles. The number of alkyl halides is 3. The fraction of sp³-hybridized carbons (Fsp3) is 0.453. The molecule has 17 heteroatoms. The molecule has 372 valence electrons. The maximum Gasteiger partial charge on any atom is 0.417 e. The molecule has 2 N–H and O–H groups in total. The number of benzene rings is 3. The summed E-state index contributed by atoms with van der Waals surface area (Å²) in [6.07, 6.45) is -3.47. The minimum atomic E-state index is -4.75. The zero-order valence-corrected chi connectivity index (χ0v) is 41.9. The van der Waals surface area contributed by atoms with Crippen molar-refractivity contribution in [1.29, 1.82) is 5.26 Å². The number of hydrogen-bond donors (Lipinski definition) is 2. The van der Waals surface area contributed by atoms with E-state index in [9.17, 15) is 37.6 Å². The molecule has 2 amide bonds. The molecule has 1 fully saturated rings. The lowest BCUT2D eigenvalue weighted by atomic mass is 9.77. The van der Waals surface area contributed by atoms with Crippen LogP contribution in [0.3, 0.4) is 0 Å². The molecule has 1 unspecified atom stereocenters. The van der Waals surface area contributed by atoms with Gasteiger partial charge in [0.1, 0.15) is 18.5 Å². The number of ketones is 1. The molecule has 3 aromatic carbocycles. The van der Waals surface area contributed by atoms with E-state index in [1.54, 1.807) is 29.8 Å². The van der Waals surface area contributed by atoms with Crippen LogP contribution in [0.15, 0.2) is 70.7 Å². The van der Waals surface area contributed by atoms with Gasteiger partial charge in [0.2, 0.25) is 11.8 Å². The van der Waals surface area contributed by atoms with Crippen LogP contribution in [0.25, 0.3) is 21.6 Å². The summed E-state index contributed by atoms with van der Waals surface area (Å²) < 4.78 is 59.2. The van der Waals surface area contributed by atoms with Gasteiger partial charge in [0, 0.05) is 42.9 Å². The number of aromatic nitrogens is 2. The highest BCUT2D eigenvalue weighted by Crippen LogP contribution is 2.41. The van der Waals surface area contributed by atoms with Crippen LogP contribution in [0, 0.1) is 56.3 Å². The molecule has 1 saturated carbocycles. The molecule has 0 aliphatic heterocycles. The van der Waals surface area contributed by atoms with Gasteiger partial charge in [0.25, 0.3) is 0 Å². The second kappa shape index (κ2) is 22.6. The Morgan fingerprint density at radius 1 is 0.914 bits per heavy atom. The van der Waals surface area contributed by atoms with Crippen LogP contribution in [0.2, 0.25) is 0 Å². The van der Waals surface area contributed by atoms with E-state index in [1.165, 1.54) is 19.1 Å². The number of thiazole rings is 1. The van der Waals surface area contributed by atoms with Gasteiger partial charge in [-0.3, -0.25) is 19.2 Å². The Bertz CT molecular complexity index is 2700. The van der Waals surface area contributed by atoms with E-state index in [0.717, 1.165) is 44.5 Å². The second-order valence-electron chi connectivity index (χ2n) is 19.1. The van der Waals surface area contributed by atoms with Crippen LogP contribution in [0.5, 0.6) is 0 Å². The summed E-state index contributed by atoms with van der Waals surface area (Å²) in [6, 6.07) is 17.5. The molecule has 5 aromatic rings. The lowest BCUT2D eigenvalue weighted by Crippen LogP contribution is -2.53. The number of aryl methyl sites for hydroxylation is 4. The predicted molar refractivity (Wildman–Crippen MR) is 261 cm³/mol. The van der Waals surface area contributed by atoms with E-state index in [-0.39, 0.29) is 43.4 Å². The molecule has 70 heavy (non-hydrogen) atoms. The van der Waals surface area contributed by atoms with E-state index >= 15 is 0 Å². The molecule has 0 spiro atoms. The number of amides is 2. The Hall–Kier alpha value is -6.38. The van der Waals surface area contributed by atoms with Crippen molar-refractivity contribution < 1.29 is 46.3 Å². The van der Waals surface area contributed by atoms with Gasteiger partial charge in [-0.2, -0.15) is 18.4 Å². The maximum absolute atomic E-state index is 14.5. The van der Waals surface area contributed by atoms with Crippen LogP contribution in [0.4, 0.5) is 24.5 Å². The number of unbranched alkanes of at least 4 members (excludes halogenated alkanes) is 2. The number of nitrogens with one attached hydrogen (secondary N) is 2. The van der Waals surface area contributed by atoms with Crippen LogP contribution < -0.4 is 15.5 Å². The molecule has 0 saturated heterocycles. The quantitative estimate of drug-likeness (QED) is 0.0594. The number of halogens is 3. The lowest BCUT2D eigenvalue weighted by Gasteiger charge is -2.33. The smallest absolute Gasteiger partial charge is 0.417 e. The SMILES string of the molecule is CC(=O)O[C@H]1CC(C(=O)[C@@H](NC(=O)COCCCCCN(c2ccc(C#N)c(C(F)(F)F)c2)c2cc(-c3c(C)noc3C)ccc2C)C(C)(C)C)[C@H](C(=O)N[C@@H](C)c2ccc(-c3scnc3C)cc2)C1. The summed E-state index contributed by atoms with van der Waals surface area (Å²) in [5.41, 5.74) is 6.40. The largest absolute Gasteiger partial charge is 0.463 e. The Labute approximate surface area is 411 Å². The van der Waals surface area contributed by atoms with Gasteiger partial charge in [-0.1, -0.05) is 62.3 Å². The minimum absolute atomic E-state index is 0.130. The fourth-order valence-electron chi connectivity index (χ4n) is 9.15. The Balaban J connectivity index is 1.07. The molecule has 13 nitrogen and oxygen atoms in total. The number of hydrogen-bond acceptors (Lipinski definition) is 12. The average molecular weight is 983 g/mol. The summed E-state index contributed by atoms with van der Waals surface area (Å²) >= 11 is 1.55. The third kappa shape index (κ3) is 12.9. The summed E-state index contributed by atoms with van der Waals surface area (Å²) in [5.74, 6) is -2.77. The van der Waals surface area contributed by atoms with Gasteiger partial charge in [-0.05, 0) is 119 Å². The number of carbonyl (C=O) groups is 4. The van der Waals surface area contributed by atoms with Gasteiger partial charge in [0.05, 0.1) is 57.0 Å². The van der Waals surface area contributed by atoms with E-state index in [0.29, 0.717) is 42.9 Å². The summed E-state index contributed by atoms with van der Waals surface area (Å²) in [5, 5.41) is 19.5. The number of ether oxygens (including phenoxy) is 2. The first-order valence-corrected chi connectivity index (χ1v) is 24.3. The Morgan fingerprint density at radius 2 is 1.61 bits per heavy atom. The van der Waals surface area contributed by atoms with Crippen molar-refractivity contribution in [3.05, 3.63) is 106 Å². The van der Waals surface area contributed by atoms with Gasteiger partial charge in [-0.25, -0.2) is 4.98 Å². The Morgan fingerprint density at radius 3 is 2.23 bits per heavy atom. The second-order valence-corrected chi connectivity index (χ2v) is 20.0. The van der Waals surface area contributed by atoms with Gasteiger partial charge in [0.15, 0.2) is 5.78 Å². The van der Waals surface area contributed by atoms with Crippen LogP contribution in [-0.4, -0.2) is 65.6 Å². The maximum atomic E-state index is 14.5. The highest BCUT2D eigenvalue weighted by Gasteiger charge is 2.48. The first-order valence-electron chi connectivity index (χ1n) is 23.4. The van der Waals surface area contributed by atoms with Crippen LogP contribution in [0.1, 0.15) is 112 Å². The van der Waals surface area contributed by atoms with Crippen molar-refractivity contribution in [2.75, 3.05) is 24.7 Å². The molecule has 1 aliphatic carbocycles. The van der Waals surface area contributed by atoms with Crippen molar-refractivity contribution in [2.24, 2.45) is 17.3 Å². The number of nitriles is 1. The fourth-order valence-corrected chi connectivity index (χ4v) is 9.96. The number of esters is 1. The third-order valence-corrected chi connectivity index (χ3v) is 13.7. The van der Waals surface area contributed by atoms with E-state index in [1.807, 2.05) is 95.8 Å². The normalized spacial score (nSPS) is 16.8. The zero-order chi connectivity index (χ0) is 51.1. The number of rotatable bonds is 19. The summed E-state index contributed by atoms with van der Waals surface area (Å²) in [4.78, 5) is 61.1. The molecule has 5 atom stereocenters. The van der Waals surface area contributed by atoms with Crippen molar-refractivity contribution in [3.8, 4) is 27.6 Å². The molecule has 2 heterocycles. The van der Waals surface area contributed by atoms with Gasteiger partial charge >= 0.3 is 12.1 Å². The standard InChI is InChI=1S/C53H61F3N6O7S/c1-30-13-14-38(47-32(3)61-69-34(47)5)23-45(30)62(40-20-19-39(27-57)44(24-40)53(54,55)56)21-11-10-12-22-67-28-46(64)60-50(52(7,8)9)48(65)42-25-41(68-35(6)63)26-43(42)51(66)59-31(2)36-15-17-37(18-16-36)49-33(4)58-29-70-49/h13-20,23-24,29,31,41-43,50H,10-12,21-22,25-26,28H2,1-9H3,(H,59,66)(H,60,64)/t31-,41-,42?,43+,50+/m0/s1. The highest BCUT2D eigenvalue weighted by atomic mass is 32.1. The number of Topliss-reactive ketones (excluding diaryl/α,β-unsaturated/α-hetero) is 1. The minimum Gasteiger partial charge on any atom is -0.463 e. The molecule has 6 rings (SSSR count). The van der Waals surface area contributed by atoms with E-state index in [4.69, 9.17) is 14.0 Å². The lowest BCUT2D eigenvalue weighted by molar-refractivity contribution is -0.146. The van der Waals surface area contributed by atoms with Crippen LogP contribution >= 0.6 is 11.3 Å². The number of carbonyl (C=O) groups excluding carboxylic acids is 4. The topological polar surface area (TPSA) is 177 Å². The number of nitrogens with zero attached hydrogens (tertiary/aromatic N) is 4. The summed E-state index contributed by atoms with van der Waals surface area (Å²) in [6.45, 7) is 16.2. The first kappa shape index (κ1) is 53.0. The van der Waals surface area contributed by atoms with Crippen molar-refractivity contribution >= 4 is 46.3 Å². The Kier molecular flexibility index (Phi) is 17.1. The molecular formula is C53H61F3N6O7S. The molecule has 0 bridgehead atoms. The molecule has 0 radical (unpaired) electrons. The molecular weight excluding hydrogens is 922 g/mol. The highest BCUT2D eigenvalue weighted by molar-refractivity contribution is 7.13. The summed E-state index contributed by atoms with van der Waals surface area (Å²) in [7, 11) is 0. The van der Waals surface area contributed by atoms with Crippen molar-refractivity contribution in [3.63, 3.8) is 0 Å². The van der Waals surface area contributed by atoms with E-state index in [2.05, 4.69) is 20.8 Å².